The fraction of sp³-hybridized carbons (Fsp3) is 0.324. The van der Waals surface area contributed by atoms with Crippen molar-refractivity contribution in [2.75, 3.05) is 15.5 Å². The van der Waals surface area contributed by atoms with Gasteiger partial charge in [0.25, 0.3) is 5.91 Å². The van der Waals surface area contributed by atoms with Crippen LogP contribution in [0.4, 0.5) is 23.1 Å². The predicted octanol–water partition coefficient (Wildman–Crippen LogP) is 6.79. The summed E-state index contributed by atoms with van der Waals surface area (Å²) in [5.74, 6) is 1.15. The lowest BCUT2D eigenvalue weighted by atomic mass is 9.99. The van der Waals surface area contributed by atoms with Crippen LogP contribution in [0.1, 0.15) is 65.7 Å². The fourth-order valence-electron chi connectivity index (χ4n) is 6.49. The van der Waals surface area contributed by atoms with Gasteiger partial charge in [-0.1, -0.05) is 43.9 Å². The van der Waals surface area contributed by atoms with Crippen molar-refractivity contribution in [3.63, 3.8) is 0 Å². The van der Waals surface area contributed by atoms with Crippen molar-refractivity contribution in [3.8, 4) is 11.3 Å². The molecule has 0 saturated heterocycles. The summed E-state index contributed by atoms with van der Waals surface area (Å²) in [5, 5.41) is 11.8. The molecule has 2 aromatic carbocycles. The summed E-state index contributed by atoms with van der Waals surface area (Å²) in [7, 11) is 1.89. The van der Waals surface area contributed by atoms with Crippen molar-refractivity contribution in [3.05, 3.63) is 77.2 Å². The summed E-state index contributed by atoms with van der Waals surface area (Å²) in [6, 6.07) is 13.5. The van der Waals surface area contributed by atoms with Crippen LogP contribution in [-0.4, -0.2) is 36.5 Å². The minimum Gasteiger partial charge on any atom is -0.359 e. The molecule has 2 amide bonds. The Balaban J connectivity index is 1.18. The molecule has 0 unspecified atom stereocenters. The molecule has 0 spiro atoms. The predicted molar refractivity (Wildman–Crippen MR) is 172 cm³/mol. The van der Waals surface area contributed by atoms with Gasteiger partial charge < -0.3 is 20.5 Å². The molecule has 2 aliphatic rings. The number of rotatable bonds is 6. The van der Waals surface area contributed by atoms with Gasteiger partial charge in [0.15, 0.2) is 5.82 Å². The molecule has 5 aromatic rings. The molecule has 0 atom stereocenters. The number of aromatic nitrogens is 5. The van der Waals surface area contributed by atoms with E-state index in [4.69, 9.17) is 4.98 Å². The zero-order valence-corrected chi connectivity index (χ0v) is 25.3. The van der Waals surface area contributed by atoms with E-state index >= 15 is 0 Å². The molecule has 3 N–H and O–H groups in total. The molecular weight excluding hydrogens is 552 g/mol. The van der Waals surface area contributed by atoms with Gasteiger partial charge in [-0.3, -0.25) is 14.3 Å². The van der Waals surface area contributed by atoms with Crippen molar-refractivity contribution in [2.24, 2.45) is 13.0 Å². The Hall–Kier alpha value is -4.99. The lowest BCUT2D eigenvalue weighted by Crippen LogP contribution is -2.24. The van der Waals surface area contributed by atoms with Crippen LogP contribution in [0.15, 0.2) is 54.9 Å². The smallest absolute Gasteiger partial charge is 0.259 e. The summed E-state index contributed by atoms with van der Waals surface area (Å²) in [6.45, 7) is 4.35. The molecule has 224 valence electrons. The number of fused-ring (bicyclic) bond motifs is 2. The average Bonchev–Trinajstić information content (AvgIpc) is 3.60. The first-order valence-corrected chi connectivity index (χ1v) is 15.3. The molecule has 10 heteroatoms. The Morgan fingerprint density at radius 3 is 2.59 bits per heavy atom. The number of H-pyrrole nitrogens is 1. The largest absolute Gasteiger partial charge is 0.359 e. The third-order valence-corrected chi connectivity index (χ3v) is 9.02. The number of carbonyl (C=O) groups excluding carboxylic acids is 2. The Labute approximate surface area is 255 Å². The van der Waals surface area contributed by atoms with Gasteiger partial charge in [0.2, 0.25) is 11.9 Å². The van der Waals surface area contributed by atoms with Gasteiger partial charge >= 0.3 is 0 Å². The molecule has 44 heavy (non-hydrogen) atoms. The number of hydrogen-bond donors (Lipinski definition) is 3. The highest BCUT2D eigenvalue weighted by molar-refractivity contribution is 6.15. The van der Waals surface area contributed by atoms with Crippen molar-refractivity contribution >= 4 is 45.9 Å². The van der Waals surface area contributed by atoms with Gasteiger partial charge in [-0.2, -0.15) is 5.10 Å². The minimum absolute atomic E-state index is 0.0293. The maximum atomic E-state index is 13.8. The summed E-state index contributed by atoms with van der Waals surface area (Å²) < 4.78 is 1.80. The maximum absolute atomic E-state index is 13.8. The first-order chi connectivity index (χ1) is 21.4. The van der Waals surface area contributed by atoms with Gasteiger partial charge in [0.1, 0.15) is 0 Å². The van der Waals surface area contributed by atoms with Crippen LogP contribution in [0.25, 0.3) is 22.2 Å². The quantitative estimate of drug-likeness (QED) is 0.188. The number of nitrogens with zero attached hydrogens (tertiary/aromatic N) is 5. The number of nitrogens with one attached hydrogen (secondary N) is 3. The van der Waals surface area contributed by atoms with Crippen LogP contribution in [-0.2, 0) is 18.4 Å². The van der Waals surface area contributed by atoms with E-state index in [0.29, 0.717) is 23.9 Å². The van der Waals surface area contributed by atoms with Gasteiger partial charge in [-0.25, -0.2) is 9.97 Å². The number of aryl methyl sites for hydroxylation is 3. The standard InChI is InChI=1S/C34H36N8O2/c1-20-17-36-34(38-29-16-21(2)41(3)40-29)39-30(20)25-18-35-31-23(25)12-9-15-28(31)42-19-26-24(33(42)44)13-8-14-27(26)37-32(43)22-10-6-4-5-7-11-22/h8-9,12-18,22,35H,4-7,10-11,19H2,1-3H3,(H,37,43)(H,36,38,39,40). The van der Waals surface area contributed by atoms with E-state index in [0.717, 1.165) is 76.0 Å². The second kappa shape index (κ2) is 11.3. The Morgan fingerprint density at radius 1 is 1.02 bits per heavy atom. The first-order valence-electron chi connectivity index (χ1n) is 15.3. The van der Waals surface area contributed by atoms with Crippen molar-refractivity contribution in [2.45, 2.75) is 58.9 Å². The molecule has 1 aliphatic carbocycles. The number of aromatic amines is 1. The van der Waals surface area contributed by atoms with Crippen molar-refractivity contribution in [1.29, 1.82) is 0 Å². The zero-order valence-electron chi connectivity index (χ0n) is 25.3. The molecule has 0 radical (unpaired) electrons. The molecule has 1 saturated carbocycles. The van der Waals surface area contributed by atoms with Gasteiger partial charge in [0.05, 0.1) is 23.4 Å². The van der Waals surface area contributed by atoms with E-state index in [2.05, 4.69) is 25.7 Å². The normalized spacial score (nSPS) is 15.4. The lowest BCUT2D eigenvalue weighted by molar-refractivity contribution is -0.120. The first kappa shape index (κ1) is 27.8. The van der Waals surface area contributed by atoms with Crippen molar-refractivity contribution < 1.29 is 9.59 Å². The van der Waals surface area contributed by atoms with Crippen LogP contribution in [0.3, 0.4) is 0 Å². The minimum atomic E-state index is -0.0791. The van der Waals surface area contributed by atoms with E-state index in [1.165, 1.54) is 12.8 Å². The van der Waals surface area contributed by atoms with Gasteiger partial charge in [-0.05, 0) is 50.5 Å². The van der Waals surface area contributed by atoms with E-state index in [9.17, 15) is 9.59 Å². The van der Waals surface area contributed by atoms with E-state index in [1.54, 1.807) is 15.8 Å². The molecule has 3 aromatic heterocycles. The Kier molecular flexibility index (Phi) is 7.12. The highest BCUT2D eigenvalue weighted by atomic mass is 16.2. The lowest BCUT2D eigenvalue weighted by Gasteiger charge is -2.18. The Morgan fingerprint density at radius 2 is 1.82 bits per heavy atom. The fourth-order valence-corrected chi connectivity index (χ4v) is 6.49. The number of para-hydroxylation sites is 1. The molecule has 10 nitrogen and oxygen atoms in total. The van der Waals surface area contributed by atoms with E-state index in [-0.39, 0.29) is 17.7 Å². The number of anilines is 4. The molecule has 0 bridgehead atoms. The zero-order chi connectivity index (χ0) is 30.4. The van der Waals surface area contributed by atoms with Gasteiger partial charge in [0, 0.05) is 64.9 Å². The average molecular weight is 589 g/mol. The molecule has 7 rings (SSSR count). The highest BCUT2D eigenvalue weighted by Crippen LogP contribution is 2.39. The summed E-state index contributed by atoms with van der Waals surface area (Å²) in [5.41, 5.74) is 7.50. The number of carbonyl (C=O) groups is 2. The number of amides is 2. The second-order valence-electron chi connectivity index (χ2n) is 11.9. The number of hydrogen-bond acceptors (Lipinski definition) is 6. The van der Waals surface area contributed by atoms with Crippen LogP contribution in [0.5, 0.6) is 0 Å². The van der Waals surface area contributed by atoms with E-state index < -0.39 is 0 Å². The topological polar surface area (TPSA) is 121 Å². The van der Waals surface area contributed by atoms with Crippen LogP contribution >= 0.6 is 0 Å². The summed E-state index contributed by atoms with van der Waals surface area (Å²) in [4.78, 5) is 41.5. The van der Waals surface area contributed by atoms with Crippen LogP contribution in [0, 0.1) is 19.8 Å². The molecule has 1 fully saturated rings. The molecular formula is C34H36N8O2. The van der Waals surface area contributed by atoms with E-state index in [1.807, 2.05) is 69.6 Å². The van der Waals surface area contributed by atoms with Crippen molar-refractivity contribution in [1.82, 2.24) is 24.7 Å². The third kappa shape index (κ3) is 5.00. The van der Waals surface area contributed by atoms with Crippen LogP contribution in [0.2, 0.25) is 0 Å². The van der Waals surface area contributed by atoms with Crippen LogP contribution < -0.4 is 15.5 Å². The summed E-state index contributed by atoms with van der Waals surface area (Å²) in [6.07, 6.45) is 10.2. The third-order valence-electron chi connectivity index (χ3n) is 9.02. The van der Waals surface area contributed by atoms with Gasteiger partial charge in [-0.15, -0.1) is 0 Å². The molecule has 1 aliphatic heterocycles. The molecule has 4 heterocycles. The second-order valence-corrected chi connectivity index (χ2v) is 11.9. The maximum Gasteiger partial charge on any atom is 0.259 e. The number of benzene rings is 2. The Bertz CT molecular complexity index is 1880. The monoisotopic (exact) mass is 588 g/mol. The SMILES string of the molecule is Cc1cnc(Nc2cc(C)n(C)n2)nc1-c1c[nH]c2c(N3Cc4c(NC(=O)C5CCCCCC5)cccc4C3=O)cccc12. The highest BCUT2D eigenvalue weighted by Gasteiger charge is 2.33. The summed E-state index contributed by atoms with van der Waals surface area (Å²) >= 11 is 0.